The number of nitrogens with two attached hydrogens (primary N) is 1. The molecule has 1 unspecified atom stereocenters. The van der Waals surface area contributed by atoms with E-state index in [1.54, 1.807) is 11.8 Å². The third-order valence-corrected chi connectivity index (χ3v) is 6.19. The molecule has 1 aromatic carbocycles. The molecule has 0 aromatic heterocycles. The minimum absolute atomic E-state index is 0. The standard InChI is InChI=1S/C19H28N2O2S.ClH/c20-10-16-11-21(12-18(16)15-6-2-1-3-7-15)19(22)14-24-13-17-8-4-5-9-23-17;/h1-3,6-7,16-18H,4-5,8-14,20H2;1H/t16-,17?,18+;/m1./s1. The second kappa shape index (κ2) is 10.4. The average Bonchev–Trinajstić information content (AvgIpc) is 3.08. The number of rotatable bonds is 6. The molecule has 1 aromatic rings. The minimum atomic E-state index is 0. The van der Waals surface area contributed by atoms with Gasteiger partial charge in [-0.2, -0.15) is 0 Å². The SMILES string of the molecule is Cl.NC[C@@H]1CN(C(=O)CSCC2CCCCO2)C[C@H]1c1ccccc1. The Balaban J connectivity index is 0.00000225. The van der Waals surface area contributed by atoms with E-state index in [1.165, 1.54) is 18.4 Å². The first-order chi connectivity index (χ1) is 11.8. The molecule has 2 aliphatic heterocycles. The molecule has 1 amide bonds. The van der Waals surface area contributed by atoms with E-state index in [1.807, 2.05) is 11.0 Å². The predicted molar refractivity (Wildman–Crippen MR) is 106 cm³/mol. The number of benzene rings is 1. The van der Waals surface area contributed by atoms with E-state index in [9.17, 15) is 4.79 Å². The molecule has 3 atom stereocenters. The number of ether oxygens (including phenoxy) is 1. The Kier molecular flexibility index (Phi) is 8.56. The zero-order valence-electron chi connectivity index (χ0n) is 14.6. The molecular weight excluding hydrogens is 356 g/mol. The van der Waals surface area contributed by atoms with Crippen molar-refractivity contribution < 1.29 is 9.53 Å². The molecule has 140 valence electrons. The lowest BCUT2D eigenvalue weighted by atomic mass is 9.89. The summed E-state index contributed by atoms with van der Waals surface area (Å²) in [5.41, 5.74) is 7.26. The zero-order chi connectivity index (χ0) is 16.8. The van der Waals surface area contributed by atoms with Crippen LogP contribution in [0.15, 0.2) is 30.3 Å². The number of amides is 1. The summed E-state index contributed by atoms with van der Waals surface area (Å²) in [7, 11) is 0. The summed E-state index contributed by atoms with van der Waals surface area (Å²) in [6, 6.07) is 10.5. The monoisotopic (exact) mass is 384 g/mol. The number of halogens is 1. The fourth-order valence-electron chi connectivity index (χ4n) is 3.70. The number of hydrogen-bond acceptors (Lipinski definition) is 4. The molecule has 0 radical (unpaired) electrons. The van der Waals surface area contributed by atoms with E-state index in [4.69, 9.17) is 10.5 Å². The van der Waals surface area contributed by atoms with Crippen LogP contribution in [-0.4, -0.2) is 54.7 Å². The molecule has 2 heterocycles. The Hall–Kier alpha value is -0.750. The normalized spacial score (nSPS) is 26.3. The number of likely N-dealkylation sites (tertiary alicyclic amines) is 1. The topological polar surface area (TPSA) is 55.6 Å². The van der Waals surface area contributed by atoms with E-state index in [0.717, 1.165) is 31.9 Å². The Morgan fingerprint density at radius 2 is 2.04 bits per heavy atom. The van der Waals surface area contributed by atoms with Crippen LogP contribution in [0.1, 0.15) is 30.7 Å². The van der Waals surface area contributed by atoms with E-state index in [0.29, 0.717) is 30.2 Å². The molecule has 0 spiro atoms. The summed E-state index contributed by atoms with van der Waals surface area (Å²) in [4.78, 5) is 14.6. The van der Waals surface area contributed by atoms with Crippen LogP contribution >= 0.6 is 24.2 Å². The maximum atomic E-state index is 12.5. The second-order valence-corrected chi connectivity index (χ2v) is 7.85. The van der Waals surface area contributed by atoms with Gasteiger partial charge in [0.1, 0.15) is 0 Å². The van der Waals surface area contributed by atoms with Crippen molar-refractivity contribution in [3.63, 3.8) is 0 Å². The number of carbonyl (C=O) groups is 1. The summed E-state index contributed by atoms with van der Waals surface area (Å²) in [5, 5.41) is 0. The number of carbonyl (C=O) groups excluding carboxylic acids is 1. The highest BCUT2D eigenvalue weighted by Crippen LogP contribution is 2.32. The number of thioether (sulfide) groups is 1. The predicted octanol–water partition coefficient (Wildman–Crippen LogP) is 2.91. The van der Waals surface area contributed by atoms with Crippen LogP contribution in [0.2, 0.25) is 0 Å². The van der Waals surface area contributed by atoms with Crippen molar-refractivity contribution in [3.05, 3.63) is 35.9 Å². The van der Waals surface area contributed by atoms with Crippen molar-refractivity contribution in [1.82, 2.24) is 4.90 Å². The summed E-state index contributed by atoms with van der Waals surface area (Å²) in [6.45, 7) is 3.09. The van der Waals surface area contributed by atoms with Gasteiger partial charge in [-0.25, -0.2) is 0 Å². The van der Waals surface area contributed by atoms with E-state index < -0.39 is 0 Å². The van der Waals surface area contributed by atoms with E-state index in [-0.39, 0.29) is 18.3 Å². The number of hydrogen-bond donors (Lipinski definition) is 1. The lowest BCUT2D eigenvalue weighted by molar-refractivity contribution is -0.127. The molecule has 25 heavy (non-hydrogen) atoms. The Labute approximate surface area is 161 Å². The molecule has 2 saturated heterocycles. The van der Waals surface area contributed by atoms with Crippen molar-refractivity contribution in [2.75, 3.05) is 37.7 Å². The smallest absolute Gasteiger partial charge is 0.232 e. The second-order valence-electron chi connectivity index (χ2n) is 6.82. The molecule has 4 nitrogen and oxygen atoms in total. The van der Waals surface area contributed by atoms with Gasteiger partial charge in [-0.1, -0.05) is 30.3 Å². The van der Waals surface area contributed by atoms with Gasteiger partial charge in [-0.05, 0) is 37.3 Å². The fourth-order valence-corrected chi connectivity index (χ4v) is 4.70. The van der Waals surface area contributed by atoms with Crippen LogP contribution in [0.3, 0.4) is 0 Å². The van der Waals surface area contributed by atoms with Gasteiger partial charge >= 0.3 is 0 Å². The highest BCUT2D eigenvalue weighted by atomic mass is 35.5. The van der Waals surface area contributed by atoms with Crippen molar-refractivity contribution in [2.45, 2.75) is 31.3 Å². The van der Waals surface area contributed by atoms with Gasteiger partial charge in [-0.3, -0.25) is 4.79 Å². The third-order valence-electron chi connectivity index (χ3n) is 5.13. The molecule has 0 bridgehead atoms. The van der Waals surface area contributed by atoms with Crippen LogP contribution < -0.4 is 5.73 Å². The molecule has 2 N–H and O–H groups in total. The van der Waals surface area contributed by atoms with Crippen LogP contribution in [0, 0.1) is 5.92 Å². The van der Waals surface area contributed by atoms with Gasteiger partial charge in [0.15, 0.2) is 0 Å². The summed E-state index contributed by atoms with van der Waals surface area (Å²) in [5.74, 6) is 2.46. The maximum absolute atomic E-state index is 12.5. The molecule has 3 rings (SSSR count). The highest BCUT2D eigenvalue weighted by molar-refractivity contribution is 7.99. The summed E-state index contributed by atoms with van der Waals surface area (Å²) < 4.78 is 5.73. The van der Waals surface area contributed by atoms with Gasteiger partial charge in [0, 0.05) is 31.4 Å². The lowest BCUT2D eigenvalue weighted by Gasteiger charge is -2.22. The first-order valence-corrected chi connectivity index (χ1v) is 10.2. The maximum Gasteiger partial charge on any atom is 0.232 e. The first-order valence-electron chi connectivity index (χ1n) is 9.00. The van der Waals surface area contributed by atoms with Crippen molar-refractivity contribution in [2.24, 2.45) is 11.7 Å². The third kappa shape index (κ3) is 5.61. The zero-order valence-corrected chi connectivity index (χ0v) is 16.3. The van der Waals surface area contributed by atoms with Crippen LogP contribution in [0.4, 0.5) is 0 Å². The summed E-state index contributed by atoms with van der Waals surface area (Å²) >= 11 is 1.71. The van der Waals surface area contributed by atoms with Gasteiger partial charge in [0.25, 0.3) is 0 Å². The Morgan fingerprint density at radius 3 is 2.72 bits per heavy atom. The van der Waals surface area contributed by atoms with Gasteiger partial charge in [-0.15, -0.1) is 24.2 Å². The van der Waals surface area contributed by atoms with Gasteiger partial charge in [0.2, 0.25) is 5.91 Å². The molecule has 0 saturated carbocycles. The molecule has 2 fully saturated rings. The average molecular weight is 385 g/mol. The Bertz CT molecular complexity index is 525. The lowest BCUT2D eigenvalue weighted by Crippen LogP contribution is -2.32. The number of nitrogens with zero attached hydrogens (tertiary/aromatic N) is 1. The van der Waals surface area contributed by atoms with Crippen LogP contribution in [0.25, 0.3) is 0 Å². The van der Waals surface area contributed by atoms with Crippen molar-refractivity contribution >= 4 is 30.1 Å². The molecule has 0 aliphatic carbocycles. The van der Waals surface area contributed by atoms with E-state index >= 15 is 0 Å². The van der Waals surface area contributed by atoms with Gasteiger partial charge < -0.3 is 15.4 Å². The molecular formula is C19H29ClN2O2S. The minimum Gasteiger partial charge on any atom is -0.377 e. The van der Waals surface area contributed by atoms with Crippen LogP contribution in [-0.2, 0) is 9.53 Å². The fraction of sp³-hybridized carbons (Fsp3) is 0.632. The largest absolute Gasteiger partial charge is 0.377 e. The van der Waals surface area contributed by atoms with Crippen molar-refractivity contribution in [3.8, 4) is 0 Å². The highest BCUT2D eigenvalue weighted by Gasteiger charge is 2.35. The quantitative estimate of drug-likeness (QED) is 0.819. The van der Waals surface area contributed by atoms with Crippen molar-refractivity contribution in [1.29, 1.82) is 0 Å². The first kappa shape index (κ1) is 20.6. The van der Waals surface area contributed by atoms with Crippen LogP contribution in [0.5, 0.6) is 0 Å². The molecule has 6 heteroatoms. The molecule has 2 aliphatic rings. The summed E-state index contributed by atoms with van der Waals surface area (Å²) in [6.07, 6.45) is 3.90. The van der Waals surface area contributed by atoms with E-state index in [2.05, 4.69) is 24.3 Å². The Morgan fingerprint density at radius 1 is 1.24 bits per heavy atom. The van der Waals surface area contributed by atoms with Gasteiger partial charge in [0.05, 0.1) is 11.9 Å².